The third-order valence-electron chi connectivity index (χ3n) is 5.30. The van der Waals surface area contributed by atoms with E-state index in [1.165, 1.54) is 18.2 Å². The maximum atomic E-state index is 15.1. The van der Waals surface area contributed by atoms with Crippen LogP contribution in [0.25, 0.3) is 0 Å². The molecule has 1 aliphatic heterocycles. The number of carbonyl (C=O) groups excluding carboxylic acids is 1. The number of carbonyl (C=O) groups is 1. The molecule has 1 aromatic rings. The van der Waals surface area contributed by atoms with E-state index in [4.69, 9.17) is 16.3 Å². The van der Waals surface area contributed by atoms with Gasteiger partial charge in [-0.1, -0.05) is 24.9 Å². The van der Waals surface area contributed by atoms with Crippen LogP contribution in [0.4, 0.5) is 8.78 Å². The number of hydrogen-bond acceptors (Lipinski definition) is 3. The maximum Gasteiger partial charge on any atom is 0.251 e. The highest BCUT2D eigenvalue weighted by Crippen LogP contribution is 2.31. The number of benzene rings is 1. The molecule has 1 amide bonds. The Morgan fingerprint density at radius 3 is 2.59 bits per heavy atom. The number of alkyl halides is 2. The molecule has 1 saturated heterocycles. The fraction of sp³-hybridized carbons (Fsp3) is 0.650. The number of rotatable bonds is 8. The van der Waals surface area contributed by atoms with Crippen LogP contribution in [-0.4, -0.2) is 48.5 Å². The van der Waals surface area contributed by atoms with Crippen LogP contribution >= 0.6 is 11.6 Å². The number of piperidine rings is 1. The first kappa shape index (κ1) is 21.9. The highest BCUT2D eigenvalue weighted by Gasteiger charge is 2.38. The van der Waals surface area contributed by atoms with Crippen LogP contribution in [0.5, 0.6) is 5.75 Å². The SMILES string of the molecule is CCCC(C)(C)N1CCC(F)(CNC(=O)c2cc(Cl)cc(OCF)c2)CC1. The Hall–Kier alpha value is -1.40. The van der Waals surface area contributed by atoms with Crippen LogP contribution in [0.2, 0.25) is 5.02 Å². The second kappa shape index (κ2) is 9.20. The van der Waals surface area contributed by atoms with Crippen molar-refractivity contribution in [3.8, 4) is 5.75 Å². The van der Waals surface area contributed by atoms with E-state index in [0.29, 0.717) is 25.9 Å². The minimum atomic E-state index is -1.43. The fourth-order valence-electron chi connectivity index (χ4n) is 3.64. The highest BCUT2D eigenvalue weighted by atomic mass is 35.5. The number of nitrogens with one attached hydrogen (secondary N) is 1. The normalized spacial score (nSPS) is 17.6. The summed E-state index contributed by atoms with van der Waals surface area (Å²) in [6.45, 7) is 6.82. The molecule has 4 nitrogen and oxygen atoms in total. The number of likely N-dealkylation sites (tertiary alicyclic amines) is 1. The van der Waals surface area contributed by atoms with Crippen molar-refractivity contribution >= 4 is 17.5 Å². The highest BCUT2D eigenvalue weighted by molar-refractivity contribution is 6.31. The van der Waals surface area contributed by atoms with Crippen LogP contribution in [0.15, 0.2) is 18.2 Å². The lowest BCUT2D eigenvalue weighted by molar-refractivity contribution is 0.00815. The molecule has 0 aliphatic carbocycles. The molecule has 1 aliphatic rings. The minimum absolute atomic E-state index is 0.0559. The average Bonchev–Trinajstić information content (AvgIpc) is 2.60. The van der Waals surface area contributed by atoms with Crippen LogP contribution in [0, 0.1) is 0 Å². The third kappa shape index (κ3) is 6.04. The van der Waals surface area contributed by atoms with Gasteiger partial charge in [0.1, 0.15) is 11.4 Å². The summed E-state index contributed by atoms with van der Waals surface area (Å²) < 4.78 is 32.2. The largest absolute Gasteiger partial charge is 0.463 e. The molecule has 7 heteroatoms. The standard InChI is InChI=1S/C20H29ClF2N2O2/c1-4-5-19(2,3)25-8-6-20(23,7-9-25)13-24-18(26)15-10-16(21)12-17(11-15)27-14-22/h10-12H,4-9,13-14H2,1-3H3,(H,24,26). The van der Waals surface area contributed by atoms with Crippen LogP contribution in [0.1, 0.15) is 56.8 Å². The summed E-state index contributed by atoms with van der Waals surface area (Å²) in [6, 6.07) is 4.26. The van der Waals surface area contributed by atoms with E-state index in [-0.39, 0.29) is 28.4 Å². The average molecular weight is 403 g/mol. The van der Waals surface area contributed by atoms with Crippen LogP contribution in [0.3, 0.4) is 0 Å². The van der Waals surface area contributed by atoms with Gasteiger partial charge in [-0.05, 0) is 51.3 Å². The number of halogens is 3. The first-order valence-corrected chi connectivity index (χ1v) is 9.78. The Morgan fingerprint density at radius 1 is 1.33 bits per heavy atom. The van der Waals surface area contributed by atoms with E-state index in [1.54, 1.807) is 0 Å². The summed E-state index contributed by atoms with van der Waals surface area (Å²) in [5.74, 6) is -0.288. The van der Waals surface area contributed by atoms with Crippen molar-refractivity contribution < 1.29 is 18.3 Å². The fourth-order valence-corrected chi connectivity index (χ4v) is 3.87. The third-order valence-corrected chi connectivity index (χ3v) is 5.52. The smallest absolute Gasteiger partial charge is 0.251 e. The second-order valence-corrected chi connectivity index (χ2v) is 8.25. The molecule has 0 spiro atoms. The van der Waals surface area contributed by atoms with E-state index in [0.717, 1.165) is 12.8 Å². The summed E-state index contributed by atoms with van der Waals surface area (Å²) in [5, 5.41) is 2.90. The van der Waals surface area contributed by atoms with Crippen molar-refractivity contribution in [1.29, 1.82) is 0 Å². The molecule has 0 aromatic heterocycles. The Balaban J connectivity index is 1.92. The van der Waals surface area contributed by atoms with E-state index < -0.39 is 18.4 Å². The molecular formula is C20H29ClF2N2O2. The van der Waals surface area contributed by atoms with Gasteiger partial charge in [0.15, 0.2) is 0 Å². The molecule has 0 radical (unpaired) electrons. The molecule has 0 unspecified atom stereocenters. The Morgan fingerprint density at radius 2 is 2.00 bits per heavy atom. The monoisotopic (exact) mass is 402 g/mol. The molecule has 0 saturated carbocycles. The summed E-state index contributed by atoms with van der Waals surface area (Å²) in [7, 11) is 0. The van der Waals surface area contributed by atoms with Crippen molar-refractivity contribution in [3.05, 3.63) is 28.8 Å². The van der Waals surface area contributed by atoms with E-state index in [2.05, 4.69) is 31.0 Å². The topological polar surface area (TPSA) is 41.6 Å². The zero-order valence-electron chi connectivity index (χ0n) is 16.3. The van der Waals surface area contributed by atoms with Gasteiger partial charge < -0.3 is 10.1 Å². The van der Waals surface area contributed by atoms with Gasteiger partial charge in [0.25, 0.3) is 5.91 Å². The molecule has 27 heavy (non-hydrogen) atoms. The lowest BCUT2D eigenvalue weighted by Crippen LogP contribution is -2.54. The molecule has 1 N–H and O–H groups in total. The van der Waals surface area contributed by atoms with Crippen molar-refractivity contribution in [2.75, 3.05) is 26.5 Å². The molecular weight excluding hydrogens is 374 g/mol. The Bertz CT molecular complexity index is 647. The number of ether oxygens (including phenoxy) is 1. The van der Waals surface area contributed by atoms with Gasteiger partial charge in [0.05, 0.1) is 6.54 Å². The molecule has 1 heterocycles. The van der Waals surface area contributed by atoms with E-state index in [9.17, 15) is 9.18 Å². The zero-order valence-corrected chi connectivity index (χ0v) is 17.0. The lowest BCUT2D eigenvalue weighted by Gasteiger charge is -2.45. The lowest BCUT2D eigenvalue weighted by atomic mass is 9.88. The molecule has 152 valence electrons. The van der Waals surface area contributed by atoms with Crippen LogP contribution < -0.4 is 10.1 Å². The Kier molecular flexibility index (Phi) is 7.46. The van der Waals surface area contributed by atoms with Gasteiger partial charge in [-0.25, -0.2) is 8.78 Å². The molecule has 0 atom stereocenters. The van der Waals surface area contributed by atoms with Crippen molar-refractivity contribution in [2.24, 2.45) is 0 Å². The Labute approximate surface area is 165 Å². The molecule has 2 rings (SSSR count). The quantitative estimate of drug-likeness (QED) is 0.681. The maximum absolute atomic E-state index is 15.1. The minimum Gasteiger partial charge on any atom is -0.463 e. The summed E-state index contributed by atoms with van der Waals surface area (Å²) in [5.41, 5.74) is -1.14. The first-order valence-electron chi connectivity index (χ1n) is 9.41. The summed E-state index contributed by atoms with van der Waals surface area (Å²) in [6.07, 6.45) is 2.92. The van der Waals surface area contributed by atoms with Gasteiger partial charge in [-0.2, -0.15) is 0 Å². The predicted molar refractivity (Wildman–Crippen MR) is 104 cm³/mol. The summed E-state index contributed by atoms with van der Waals surface area (Å²) in [4.78, 5) is 14.7. The molecule has 0 bridgehead atoms. The number of hydrogen-bond donors (Lipinski definition) is 1. The van der Waals surface area contributed by atoms with E-state index >= 15 is 4.39 Å². The van der Waals surface area contributed by atoms with Crippen molar-refractivity contribution in [2.45, 2.75) is 57.7 Å². The van der Waals surface area contributed by atoms with Crippen molar-refractivity contribution in [3.63, 3.8) is 0 Å². The second-order valence-electron chi connectivity index (χ2n) is 7.81. The number of amides is 1. The van der Waals surface area contributed by atoms with Gasteiger partial charge in [-0.3, -0.25) is 9.69 Å². The predicted octanol–water partition coefficient (Wildman–Crippen LogP) is 4.76. The van der Waals surface area contributed by atoms with Crippen molar-refractivity contribution in [1.82, 2.24) is 10.2 Å². The summed E-state index contributed by atoms with van der Waals surface area (Å²) >= 11 is 5.93. The van der Waals surface area contributed by atoms with Gasteiger partial charge in [0, 0.05) is 29.2 Å². The number of nitrogens with zero attached hydrogens (tertiary/aromatic N) is 1. The first-order chi connectivity index (χ1) is 12.7. The van der Waals surface area contributed by atoms with Gasteiger partial charge in [-0.15, -0.1) is 0 Å². The molecule has 1 aromatic carbocycles. The molecule has 1 fully saturated rings. The van der Waals surface area contributed by atoms with E-state index in [1.807, 2.05) is 0 Å². The van der Waals surface area contributed by atoms with Gasteiger partial charge >= 0.3 is 0 Å². The zero-order chi connectivity index (χ0) is 20.1. The van der Waals surface area contributed by atoms with Gasteiger partial charge in [0.2, 0.25) is 6.86 Å². The van der Waals surface area contributed by atoms with Crippen LogP contribution in [-0.2, 0) is 0 Å².